The van der Waals surface area contributed by atoms with Gasteiger partial charge in [0.05, 0.1) is 6.04 Å². The zero-order valence-electron chi connectivity index (χ0n) is 6.24. The van der Waals surface area contributed by atoms with Crippen molar-refractivity contribution in [3.8, 4) is 0 Å². The second-order valence-corrected chi connectivity index (χ2v) is 2.71. The highest BCUT2D eigenvalue weighted by Crippen LogP contribution is 2.18. The van der Waals surface area contributed by atoms with E-state index >= 15 is 0 Å². The van der Waals surface area contributed by atoms with E-state index in [-0.39, 0.29) is 6.04 Å². The molecular formula is C6H9F3N2O. The van der Waals surface area contributed by atoms with E-state index in [1.54, 1.807) is 0 Å². The van der Waals surface area contributed by atoms with Gasteiger partial charge in [0.25, 0.3) is 0 Å². The third-order valence-corrected chi connectivity index (χ3v) is 1.51. The van der Waals surface area contributed by atoms with Crippen LogP contribution in [-0.4, -0.2) is 31.2 Å². The number of carbonyl (C=O) groups is 1. The van der Waals surface area contributed by atoms with Crippen molar-refractivity contribution in [3.05, 3.63) is 0 Å². The van der Waals surface area contributed by atoms with Gasteiger partial charge >= 0.3 is 6.18 Å². The van der Waals surface area contributed by atoms with Crippen LogP contribution in [0.25, 0.3) is 0 Å². The summed E-state index contributed by atoms with van der Waals surface area (Å²) in [4.78, 5) is 10.6. The first-order valence-corrected chi connectivity index (χ1v) is 3.54. The molecule has 0 unspecified atom stereocenters. The summed E-state index contributed by atoms with van der Waals surface area (Å²) in [6, 6.07) is -0.125. The molecule has 1 aliphatic heterocycles. The molecule has 1 aliphatic rings. The van der Waals surface area contributed by atoms with Crippen molar-refractivity contribution in [1.29, 1.82) is 0 Å². The quantitative estimate of drug-likeness (QED) is 0.632. The summed E-state index contributed by atoms with van der Waals surface area (Å²) in [6.07, 6.45) is -5.79. The van der Waals surface area contributed by atoms with Gasteiger partial charge in [0.1, 0.15) is 6.42 Å². The minimum Gasteiger partial charge on any atom is -0.351 e. The van der Waals surface area contributed by atoms with Gasteiger partial charge in [0.2, 0.25) is 5.91 Å². The number of halogens is 3. The topological polar surface area (TPSA) is 41.1 Å². The highest BCUT2D eigenvalue weighted by Gasteiger charge is 2.32. The van der Waals surface area contributed by atoms with E-state index in [2.05, 4.69) is 10.6 Å². The largest absolute Gasteiger partial charge is 0.397 e. The lowest BCUT2D eigenvalue weighted by atomic mass is 10.2. The first-order valence-electron chi connectivity index (χ1n) is 3.54. The first kappa shape index (κ1) is 9.31. The summed E-state index contributed by atoms with van der Waals surface area (Å²) in [7, 11) is 0. The molecule has 0 aromatic heterocycles. The van der Waals surface area contributed by atoms with E-state index in [9.17, 15) is 18.0 Å². The van der Waals surface area contributed by atoms with Crippen LogP contribution in [0.2, 0.25) is 0 Å². The van der Waals surface area contributed by atoms with E-state index in [0.29, 0.717) is 13.1 Å². The maximum absolute atomic E-state index is 11.6. The van der Waals surface area contributed by atoms with Crippen LogP contribution in [0, 0.1) is 0 Å². The predicted octanol–water partition coefficient (Wildman–Crippen LogP) is 0.0268. The smallest absolute Gasteiger partial charge is 0.351 e. The number of carbonyl (C=O) groups excluding carboxylic acids is 1. The van der Waals surface area contributed by atoms with Gasteiger partial charge in [-0.25, -0.2) is 0 Å². The van der Waals surface area contributed by atoms with Crippen LogP contribution in [-0.2, 0) is 4.79 Å². The second-order valence-electron chi connectivity index (χ2n) is 2.71. The molecule has 1 fully saturated rings. The molecule has 0 spiro atoms. The van der Waals surface area contributed by atoms with E-state index in [4.69, 9.17) is 0 Å². The van der Waals surface area contributed by atoms with Crippen LogP contribution >= 0.6 is 0 Å². The van der Waals surface area contributed by atoms with E-state index < -0.39 is 18.5 Å². The van der Waals surface area contributed by atoms with Gasteiger partial charge in [-0.2, -0.15) is 13.2 Å². The number of rotatable bonds is 2. The molecule has 0 bridgehead atoms. The number of hydrogen-bond acceptors (Lipinski definition) is 2. The normalized spacial score (nSPS) is 18.6. The van der Waals surface area contributed by atoms with Crippen molar-refractivity contribution in [2.75, 3.05) is 13.1 Å². The van der Waals surface area contributed by atoms with Crippen LogP contribution < -0.4 is 10.6 Å². The second kappa shape index (κ2) is 3.30. The molecule has 6 heteroatoms. The molecule has 1 rings (SSSR count). The van der Waals surface area contributed by atoms with Crippen LogP contribution in [0.4, 0.5) is 13.2 Å². The molecule has 0 aliphatic carbocycles. The molecule has 0 aromatic carbocycles. The molecule has 0 aromatic rings. The summed E-state index contributed by atoms with van der Waals surface area (Å²) in [6.45, 7) is 1.12. The van der Waals surface area contributed by atoms with Crippen LogP contribution in [0.5, 0.6) is 0 Å². The Hall–Kier alpha value is -0.780. The number of hydrogen-bond donors (Lipinski definition) is 2. The lowest BCUT2D eigenvalue weighted by Crippen LogP contribution is -2.57. The van der Waals surface area contributed by atoms with Gasteiger partial charge in [0.15, 0.2) is 0 Å². The van der Waals surface area contributed by atoms with E-state index in [0.717, 1.165) is 0 Å². The van der Waals surface area contributed by atoms with Crippen molar-refractivity contribution in [1.82, 2.24) is 10.6 Å². The van der Waals surface area contributed by atoms with Gasteiger partial charge in [-0.15, -0.1) is 0 Å². The first-order chi connectivity index (χ1) is 5.47. The monoisotopic (exact) mass is 182 g/mol. The van der Waals surface area contributed by atoms with Gasteiger partial charge in [-0.3, -0.25) is 4.79 Å². The highest BCUT2D eigenvalue weighted by molar-refractivity contribution is 5.77. The Morgan fingerprint density at radius 3 is 2.42 bits per heavy atom. The number of nitrogens with one attached hydrogen (secondary N) is 2. The third kappa shape index (κ3) is 3.08. The van der Waals surface area contributed by atoms with Crippen molar-refractivity contribution in [2.45, 2.75) is 18.6 Å². The zero-order valence-corrected chi connectivity index (χ0v) is 6.24. The van der Waals surface area contributed by atoms with Crippen molar-refractivity contribution in [3.63, 3.8) is 0 Å². The average molecular weight is 182 g/mol. The molecular weight excluding hydrogens is 173 g/mol. The maximum atomic E-state index is 11.6. The summed E-state index contributed by atoms with van der Waals surface area (Å²) in [5.74, 6) is -0.950. The molecule has 2 N–H and O–H groups in total. The Bertz CT molecular complexity index is 176. The van der Waals surface area contributed by atoms with E-state index in [1.807, 2.05) is 0 Å². The Balaban J connectivity index is 2.19. The van der Waals surface area contributed by atoms with Gasteiger partial charge in [0, 0.05) is 13.1 Å². The lowest BCUT2D eigenvalue weighted by Gasteiger charge is -2.28. The molecule has 1 amide bonds. The van der Waals surface area contributed by atoms with Crippen molar-refractivity contribution >= 4 is 5.91 Å². The van der Waals surface area contributed by atoms with Crippen LogP contribution in [0.15, 0.2) is 0 Å². The molecule has 1 saturated heterocycles. The van der Waals surface area contributed by atoms with E-state index in [1.165, 1.54) is 0 Å². The third-order valence-electron chi connectivity index (χ3n) is 1.51. The van der Waals surface area contributed by atoms with Crippen LogP contribution in [0.3, 0.4) is 0 Å². The molecule has 3 nitrogen and oxygen atoms in total. The highest BCUT2D eigenvalue weighted by atomic mass is 19.4. The summed E-state index contributed by atoms with van der Waals surface area (Å²) in [5, 5.41) is 5.08. The standard InChI is InChI=1S/C6H9F3N2O/c7-6(8,9)1-5(12)11-4-2-10-3-4/h4,10H,1-3H2,(H,11,12). The van der Waals surface area contributed by atoms with Crippen molar-refractivity contribution < 1.29 is 18.0 Å². The maximum Gasteiger partial charge on any atom is 0.397 e. The van der Waals surface area contributed by atoms with Gasteiger partial charge in [-0.05, 0) is 0 Å². The van der Waals surface area contributed by atoms with Gasteiger partial charge in [-0.1, -0.05) is 0 Å². The number of amides is 1. The lowest BCUT2D eigenvalue weighted by molar-refractivity contribution is -0.154. The fourth-order valence-electron chi connectivity index (χ4n) is 0.851. The predicted molar refractivity (Wildman–Crippen MR) is 35.5 cm³/mol. The average Bonchev–Trinajstić information content (AvgIpc) is 1.74. The Morgan fingerprint density at radius 2 is 2.08 bits per heavy atom. The molecule has 0 saturated carbocycles. The van der Waals surface area contributed by atoms with Crippen LogP contribution in [0.1, 0.15) is 6.42 Å². The summed E-state index contributed by atoms with van der Waals surface area (Å²) in [5.41, 5.74) is 0. The SMILES string of the molecule is O=C(CC(F)(F)F)NC1CNC1. The fourth-order valence-corrected chi connectivity index (χ4v) is 0.851. The van der Waals surface area contributed by atoms with Gasteiger partial charge < -0.3 is 10.6 Å². The minimum atomic E-state index is -4.40. The van der Waals surface area contributed by atoms with Crippen molar-refractivity contribution in [2.24, 2.45) is 0 Å². The molecule has 0 radical (unpaired) electrons. The minimum absolute atomic E-state index is 0.125. The molecule has 70 valence electrons. The fraction of sp³-hybridized carbons (Fsp3) is 0.833. The Kier molecular flexibility index (Phi) is 2.56. The molecule has 1 heterocycles. The Labute approximate surface area is 67.3 Å². The Morgan fingerprint density at radius 1 is 1.50 bits per heavy atom. The zero-order chi connectivity index (χ0) is 9.19. The molecule has 12 heavy (non-hydrogen) atoms. The molecule has 0 atom stereocenters. The number of alkyl halides is 3. The summed E-state index contributed by atoms with van der Waals surface area (Å²) < 4.78 is 34.8. The summed E-state index contributed by atoms with van der Waals surface area (Å²) >= 11 is 0.